The first-order chi connectivity index (χ1) is 13.2. The Bertz CT molecular complexity index is 1160. The Labute approximate surface area is 163 Å². The first-order valence-corrected chi connectivity index (χ1v) is 10.1. The zero-order chi connectivity index (χ0) is 18.8. The molecule has 0 saturated heterocycles. The number of hydrogen-bond acceptors (Lipinski definition) is 7. The third kappa shape index (κ3) is 3.45. The molecule has 0 atom stereocenters. The average molecular weight is 396 g/mol. The van der Waals surface area contributed by atoms with Crippen LogP contribution in [0.3, 0.4) is 0 Å². The van der Waals surface area contributed by atoms with E-state index in [0.717, 1.165) is 16.0 Å². The van der Waals surface area contributed by atoms with Crippen LogP contribution in [0.15, 0.2) is 62.7 Å². The molecule has 27 heavy (non-hydrogen) atoms. The van der Waals surface area contributed by atoms with E-state index < -0.39 is 0 Å². The molecule has 0 radical (unpaired) electrons. The molecule has 6 nitrogen and oxygen atoms in total. The number of aromatic nitrogens is 4. The molecular weight excluding hydrogens is 380 g/mol. The van der Waals surface area contributed by atoms with Gasteiger partial charge in [0, 0.05) is 24.4 Å². The van der Waals surface area contributed by atoms with Crippen LogP contribution in [0, 0.1) is 6.92 Å². The van der Waals surface area contributed by atoms with Crippen LogP contribution in [0.4, 0.5) is 0 Å². The Morgan fingerprint density at radius 1 is 1.30 bits per heavy atom. The van der Waals surface area contributed by atoms with E-state index >= 15 is 0 Å². The lowest BCUT2D eigenvalue weighted by molar-refractivity contribution is 0.485. The number of nitrogens with zero attached hydrogens (tertiary/aromatic N) is 4. The summed E-state index contributed by atoms with van der Waals surface area (Å²) >= 11 is 2.88. The monoisotopic (exact) mass is 396 g/mol. The Morgan fingerprint density at radius 3 is 2.81 bits per heavy atom. The average Bonchev–Trinajstić information content (AvgIpc) is 3.29. The van der Waals surface area contributed by atoms with E-state index in [2.05, 4.69) is 16.8 Å². The highest BCUT2D eigenvalue weighted by molar-refractivity contribution is 7.98. The molecule has 3 aromatic heterocycles. The molecule has 0 spiro atoms. The molecule has 136 valence electrons. The zero-order valence-electron chi connectivity index (χ0n) is 14.6. The van der Waals surface area contributed by atoms with Crippen molar-refractivity contribution in [2.45, 2.75) is 24.4 Å². The molecule has 8 heteroatoms. The van der Waals surface area contributed by atoms with Crippen LogP contribution in [0.25, 0.3) is 21.3 Å². The van der Waals surface area contributed by atoms with Crippen LogP contribution >= 0.6 is 23.1 Å². The summed E-state index contributed by atoms with van der Waals surface area (Å²) in [5.41, 5.74) is 1.86. The molecule has 3 heterocycles. The van der Waals surface area contributed by atoms with Crippen LogP contribution in [0.1, 0.15) is 11.8 Å². The van der Waals surface area contributed by atoms with E-state index in [1.54, 1.807) is 17.6 Å². The van der Waals surface area contributed by atoms with Crippen LogP contribution < -0.4 is 5.56 Å². The van der Waals surface area contributed by atoms with Crippen LogP contribution in [-0.4, -0.2) is 19.7 Å². The highest BCUT2D eigenvalue weighted by Crippen LogP contribution is 2.32. The molecule has 1 aromatic carbocycles. The maximum absolute atomic E-state index is 13.2. The second-order valence-corrected chi connectivity index (χ2v) is 7.60. The van der Waals surface area contributed by atoms with Crippen molar-refractivity contribution in [3.8, 4) is 11.1 Å². The Morgan fingerprint density at radius 2 is 2.11 bits per heavy atom. The van der Waals surface area contributed by atoms with Gasteiger partial charge >= 0.3 is 0 Å². The molecule has 0 unspecified atom stereocenters. The lowest BCUT2D eigenvalue weighted by Gasteiger charge is -2.10. The second kappa shape index (κ2) is 7.50. The number of benzene rings is 1. The quantitative estimate of drug-likeness (QED) is 0.275. The normalized spacial score (nSPS) is 11.1. The molecule has 0 saturated carbocycles. The summed E-state index contributed by atoms with van der Waals surface area (Å²) in [6.45, 7) is 5.90. The van der Waals surface area contributed by atoms with E-state index in [0.29, 0.717) is 34.6 Å². The maximum Gasteiger partial charge on any atom is 0.263 e. The molecule has 0 aliphatic carbocycles. The summed E-state index contributed by atoms with van der Waals surface area (Å²) in [7, 11) is 0. The lowest BCUT2D eigenvalue weighted by Crippen LogP contribution is -2.22. The van der Waals surface area contributed by atoms with Gasteiger partial charge in [-0.3, -0.25) is 9.36 Å². The van der Waals surface area contributed by atoms with Crippen molar-refractivity contribution in [1.82, 2.24) is 19.7 Å². The SMILES string of the molecule is C=CCn1c(SCc2nnc(C)o2)nc2scc(-c3ccccc3)c2c1=O. The second-order valence-electron chi connectivity index (χ2n) is 5.80. The van der Waals surface area contributed by atoms with Gasteiger partial charge in [0.2, 0.25) is 11.8 Å². The van der Waals surface area contributed by atoms with Gasteiger partial charge in [-0.15, -0.1) is 28.1 Å². The van der Waals surface area contributed by atoms with E-state index in [4.69, 9.17) is 9.40 Å². The number of rotatable bonds is 6. The standard InChI is InChI=1S/C19H16N4O2S2/c1-3-9-23-18(24)16-14(13-7-5-4-6-8-13)10-26-17(16)20-19(23)27-11-15-22-21-12(2)25-15/h3-8,10H,1,9,11H2,2H3. The predicted octanol–water partition coefficient (Wildman–Crippen LogP) is 4.29. The summed E-state index contributed by atoms with van der Waals surface area (Å²) in [6.07, 6.45) is 1.70. The van der Waals surface area contributed by atoms with Crippen molar-refractivity contribution in [2.24, 2.45) is 0 Å². The molecule has 0 bridgehead atoms. The first kappa shape index (κ1) is 17.7. The van der Waals surface area contributed by atoms with Crippen molar-refractivity contribution in [2.75, 3.05) is 0 Å². The van der Waals surface area contributed by atoms with Gasteiger partial charge in [0.25, 0.3) is 5.56 Å². The molecular formula is C19H16N4O2S2. The number of fused-ring (bicyclic) bond motifs is 1. The summed E-state index contributed by atoms with van der Waals surface area (Å²) in [4.78, 5) is 18.7. The number of thioether (sulfide) groups is 1. The van der Waals surface area contributed by atoms with Gasteiger partial charge in [0.1, 0.15) is 4.83 Å². The fraction of sp³-hybridized carbons (Fsp3) is 0.158. The summed E-state index contributed by atoms with van der Waals surface area (Å²) in [5.74, 6) is 1.48. The van der Waals surface area contributed by atoms with Crippen molar-refractivity contribution in [1.29, 1.82) is 0 Å². The highest BCUT2D eigenvalue weighted by Gasteiger charge is 2.17. The maximum atomic E-state index is 13.2. The van der Waals surface area contributed by atoms with E-state index in [1.807, 2.05) is 35.7 Å². The van der Waals surface area contributed by atoms with Crippen LogP contribution in [0.5, 0.6) is 0 Å². The third-order valence-electron chi connectivity index (χ3n) is 3.95. The van der Waals surface area contributed by atoms with Crippen molar-refractivity contribution in [3.63, 3.8) is 0 Å². The number of thiophene rings is 1. The van der Waals surface area contributed by atoms with Gasteiger partial charge < -0.3 is 4.42 Å². The van der Waals surface area contributed by atoms with Gasteiger partial charge in [-0.05, 0) is 5.56 Å². The molecule has 4 aromatic rings. The Kier molecular flexibility index (Phi) is 4.91. The number of hydrogen-bond donors (Lipinski definition) is 0. The lowest BCUT2D eigenvalue weighted by atomic mass is 10.1. The molecule has 0 amide bonds. The van der Waals surface area contributed by atoms with Crippen molar-refractivity contribution < 1.29 is 4.42 Å². The minimum atomic E-state index is -0.0655. The Balaban J connectivity index is 1.79. The highest BCUT2D eigenvalue weighted by atomic mass is 32.2. The van der Waals surface area contributed by atoms with Crippen molar-refractivity contribution >= 4 is 33.3 Å². The van der Waals surface area contributed by atoms with Gasteiger partial charge in [0.05, 0.1) is 11.1 Å². The third-order valence-corrected chi connectivity index (χ3v) is 5.78. The van der Waals surface area contributed by atoms with Gasteiger partial charge in [-0.1, -0.05) is 48.2 Å². The number of allylic oxidation sites excluding steroid dienone is 1. The zero-order valence-corrected chi connectivity index (χ0v) is 16.2. The molecule has 0 aliphatic rings. The summed E-state index contributed by atoms with van der Waals surface area (Å²) in [5, 5.41) is 11.1. The van der Waals surface area contributed by atoms with E-state index in [1.165, 1.54) is 23.1 Å². The molecule has 4 rings (SSSR count). The van der Waals surface area contributed by atoms with E-state index in [9.17, 15) is 4.79 Å². The summed E-state index contributed by atoms with van der Waals surface area (Å²) in [6, 6.07) is 9.88. The van der Waals surface area contributed by atoms with Gasteiger partial charge in [-0.25, -0.2) is 4.98 Å². The largest absolute Gasteiger partial charge is 0.425 e. The summed E-state index contributed by atoms with van der Waals surface area (Å²) < 4.78 is 7.05. The smallest absolute Gasteiger partial charge is 0.263 e. The van der Waals surface area contributed by atoms with E-state index in [-0.39, 0.29) is 5.56 Å². The fourth-order valence-corrected chi connectivity index (χ4v) is 4.59. The first-order valence-electron chi connectivity index (χ1n) is 8.27. The molecule has 0 aliphatic heterocycles. The Hall–Kier alpha value is -2.71. The minimum Gasteiger partial charge on any atom is -0.425 e. The van der Waals surface area contributed by atoms with Gasteiger partial charge in [0.15, 0.2) is 5.16 Å². The minimum absolute atomic E-state index is 0.0655. The molecule has 0 fully saturated rings. The molecule has 0 N–H and O–H groups in total. The predicted molar refractivity (Wildman–Crippen MR) is 108 cm³/mol. The van der Waals surface area contributed by atoms with Gasteiger partial charge in [-0.2, -0.15) is 0 Å². The van der Waals surface area contributed by atoms with Crippen LogP contribution in [0.2, 0.25) is 0 Å². The topological polar surface area (TPSA) is 73.8 Å². The number of aryl methyl sites for hydroxylation is 1. The van der Waals surface area contributed by atoms with Crippen molar-refractivity contribution in [3.05, 3.63) is 70.5 Å². The van der Waals surface area contributed by atoms with Crippen LogP contribution in [-0.2, 0) is 12.3 Å². The fourth-order valence-electron chi connectivity index (χ4n) is 2.76.